The third kappa shape index (κ3) is 10.0. The summed E-state index contributed by atoms with van der Waals surface area (Å²) in [6.07, 6.45) is 12.3. The number of hydrogen-bond donors (Lipinski definition) is 2. The molecule has 0 bridgehead atoms. The van der Waals surface area contributed by atoms with Crippen LogP contribution in [0.3, 0.4) is 0 Å². The van der Waals surface area contributed by atoms with Gasteiger partial charge >= 0.3 is 6.09 Å². The van der Waals surface area contributed by atoms with Crippen molar-refractivity contribution in [3.63, 3.8) is 0 Å². The number of carbonyl (C=O) groups excluding carboxylic acids is 3. The van der Waals surface area contributed by atoms with Gasteiger partial charge in [0.05, 0.1) is 22.5 Å². The minimum Gasteiger partial charge on any atom is -0.444 e. The molecule has 1 atom stereocenters. The minimum absolute atomic E-state index is 0.129. The van der Waals surface area contributed by atoms with E-state index in [2.05, 4.69) is 46.8 Å². The topological polar surface area (TPSA) is 137 Å². The molecule has 3 amide bonds. The average molecular weight is 796 g/mol. The van der Waals surface area contributed by atoms with Crippen LogP contribution >= 0.6 is 0 Å². The zero-order valence-electron chi connectivity index (χ0n) is 35.2. The second-order valence-corrected chi connectivity index (χ2v) is 18.0. The highest BCUT2D eigenvalue weighted by Gasteiger charge is 2.28. The lowest BCUT2D eigenvalue weighted by Gasteiger charge is -2.34. The van der Waals surface area contributed by atoms with Gasteiger partial charge < -0.3 is 20.7 Å². The summed E-state index contributed by atoms with van der Waals surface area (Å²) in [6.45, 7) is 13.0. The summed E-state index contributed by atoms with van der Waals surface area (Å²) >= 11 is 0. The van der Waals surface area contributed by atoms with E-state index in [4.69, 9.17) is 15.6 Å². The average Bonchev–Trinajstić information content (AvgIpc) is 3.86. The lowest BCUT2D eigenvalue weighted by Crippen LogP contribution is -2.42. The molecule has 4 aromatic carbocycles. The fraction of sp³-hybridized carbons (Fsp3) is 0.396. The number of ether oxygens (including phenoxy) is 1. The Labute approximate surface area is 346 Å². The Morgan fingerprint density at radius 1 is 0.661 bits per heavy atom. The van der Waals surface area contributed by atoms with Gasteiger partial charge in [-0.1, -0.05) is 67.8 Å². The summed E-state index contributed by atoms with van der Waals surface area (Å²) in [5.41, 5.74) is 11.5. The number of aromatic nitrogens is 4. The number of primary amides is 1. The van der Waals surface area contributed by atoms with E-state index in [9.17, 15) is 14.4 Å². The Kier molecular flexibility index (Phi) is 11.9. The lowest BCUT2D eigenvalue weighted by molar-refractivity contribution is 0.0198. The van der Waals surface area contributed by atoms with Crippen LogP contribution in [0, 0.1) is 0 Å². The monoisotopic (exact) mass is 795 g/mol. The summed E-state index contributed by atoms with van der Waals surface area (Å²) in [5, 5.41) is 14.1. The third-order valence-electron chi connectivity index (χ3n) is 11.0. The Bertz CT molecular complexity index is 2430. The van der Waals surface area contributed by atoms with Crippen LogP contribution in [-0.4, -0.2) is 66.6 Å². The number of nitrogens with two attached hydrogens (primary N) is 1. The van der Waals surface area contributed by atoms with Crippen molar-refractivity contribution in [2.45, 2.75) is 109 Å². The fourth-order valence-electron chi connectivity index (χ4n) is 8.12. The van der Waals surface area contributed by atoms with Gasteiger partial charge in [0.15, 0.2) is 0 Å². The second-order valence-electron chi connectivity index (χ2n) is 18.0. The van der Waals surface area contributed by atoms with Gasteiger partial charge in [0.25, 0.3) is 11.8 Å². The second kappa shape index (κ2) is 17.1. The van der Waals surface area contributed by atoms with E-state index in [1.165, 1.54) is 43.2 Å². The van der Waals surface area contributed by atoms with Crippen LogP contribution in [0.5, 0.6) is 0 Å². The Hall–Kier alpha value is -5.97. The first-order chi connectivity index (χ1) is 28.1. The van der Waals surface area contributed by atoms with Crippen LogP contribution in [-0.2, 0) is 4.74 Å². The molecule has 11 nitrogen and oxygen atoms in total. The Morgan fingerprint density at radius 3 is 1.69 bits per heavy atom. The van der Waals surface area contributed by atoms with Crippen molar-refractivity contribution in [2.24, 2.45) is 5.73 Å². The largest absolute Gasteiger partial charge is 0.444 e. The molecular weight excluding hydrogens is 739 g/mol. The first-order valence-corrected chi connectivity index (χ1v) is 20.9. The van der Waals surface area contributed by atoms with Crippen LogP contribution < -0.4 is 11.1 Å². The molecule has 59 heavy (non-hydrogen) atoms. The van der Waals surface area contributed by atoms with Crippen LogP contribution in [0.25, 0.3) is 33.2 Å². The summed E-state index contributed by atoms with van der Waals surface area (Å²) in [6, 6.07) is 28.1. The molecule has 2 aromatic heterocycles. The number of amides is 3. The number of carbonyl (C=O) groups is 3. The van der Waals surface area contributed by atoms with Crippen molar-refractivity contribution >= 4 is 39.7 Å². The van der Waals surface area contributed by atoms with Gasteiger partial charge in [0.1, 0.15) is 16.6 Å². The summed E-state index contributed by atoms with van der Waals surface area (Å²) in [7, 11) is 0. The van der Waals surface area contributed by atoms with E-state index in [0.29, 0.717) is 34.6 Å². The van der Waals surface area contributed by atoms with Crippen LogP contribution in [0.2, 0.25) is 0 Å². The molecular formula is C48H57N7O4. The van der Waals surface area contributed by atoms with Crippen molar-refractivity contribution in [3.8, 4) is 11.4 Å². The van der Waals surface area contributed by atoms with E-state index >= 15 is 0 Å². The van der Waals surface area contributed by atoms with E-state index in [1.807, 2.05) is 111 Å². The molecule has 1 saturated heterocycles. The highest BCUT2D eigenvalue weighted by atomic mass is 16.6. The maximum atomic E-state index is 12.8. The molecule has 2 fully saturated rings. The SMILES string of the molecule is CC(C)(C)NC(=O)c1cccc2cn(-c3ccc([C@@H]4CCCN(C(=O)OC(C)(C)C)C4)cc3)nc12.NC(=O)c1cccc2cn(-c3ccc(C4CCCCC4)cc3)nc12. The number of fused-ring (bicyclic) bond motifs is 2. The minimum atomic E-state index is -0.494. The molecule has 1 saturated carbocycles. The van der Waals surface area contributed by atoms with Crippen LogP contribution in [0.1, 0.15) is 130 Å². The number of likely N-dealkylation sites (tertiary alicyclic amines) is 1. The standard InChI is InChI=1S/C28H36N4O3.C20H21N3O/c1-27(2,3)29-25(33)23-11-7-9-21-18-32(30-24(21)23)22-14-12-19(13-15-22)20-10-8-16-31(17-20)26(34)35-28(4,5)6;21-20(24)18-8-4-7-16-13-23(22-19(16)18)17-11-9-15(10-12-17)14-5-2-1-3-6-14/h7,9,11-15,18,20H,8,10,16-17H2,1-6H3,(H,29,33);4,7-14H,1-3,5-6H2,(H2,21,24)/t20-;/m1./s1. The van der Waals surface area contributed by atoms with Gasteiger partial charge in [-0.25, -0.2) is 14.2 Å². The van der Waals surface area contributed by atoms with Crippen molar-refractivity contribution in [1.82, 2.24) is 29.8 Å². The van der Waals surface area contributed by atoms with Gasteiger partial charge in [-0.05, 0) is 121 Å². The maximum absolute atomic E-state index is 12.8. The quantitative estimate of drug-likeness (QED) is 0.172. The van der Waals surface area contributed by atoms with E-state index < -0.39 is 11.5 Å². The third-order valence-corrected chi connectivity index (χ3v) is 11.0. The normalized spacial score (nSPS) is 16.4. The van der Waals surface area contributed by atoms with Gasteiger partial charge in [-0.3, -0.25) is 9.59 Å². The molecule has 0 spiro atoms. The Morgan fingerprint density at radius 2 is 1.17 bits per heavy atom. The summed E-state index contributed by atoms with van der Waals surface area (Å²) in [5.74, 6) is 0.398. The maximum Gasteiger partial charge on any atom is 0.410 e. The summed E-state index contributed by atoms with van der Waals surface area (Å²) in [4.78, 5) is 38.7. The molecule has 308 valence electrons. The molecule has 1 aliphatic heterocycles. The van der Waals surface area contributed by atoms with Crippen molar-refractivity contribution < 1.29 is 19.1 Å². The first kappa shape index (κ1) is 41.2. The van der Waals surface area contributed by atoms with Gasteiger partial charge in [0.2, 0.25) is 0 Å². The zero-order valence-corrected chi connectivity index (χ0v) is 35.2. The van der Waals surface area contributed by atoms with E-state index in [1.54, 1.807) is 6.07 Å². The highest BCUT2D eigenvalue weighted by Crippen LogP contribution is 2.33. The smallest absolute Gasteiger partial charge is 0.410 e. The number of hydrogen-bond acceptors (Lipinski definition) is 6. The number of piperidine rings is 1. The number of nitrogens with zero attached hydrogens (tertiary/aromatic N) is 5. The van der Waals surface area contributed by atoms with E-state index in [-0.39, 0.29) is 23.5 Å². The molecule has 0 unspecified atom stereocenters. The number of benzene rings is 4. The molecule has 3 N–H and O–H groups in total. The molecule has 6 aromatic rings. The summed E-state index contributed by atoms with van der Waals surface area (Å²) < 4.78 is 9.20. The molecule has 0 radical (unpaired) electrons. The molecule has 1 aliphatic carbocycles. The molecule has 8 rings (SSSR count). The van der Waals surface area contributed by atoms with Gasteiger partial charge in [-0.2, -0.15) is 10.2 Å². The molecule has 2 aliphatic rings. The lowest BCUT2D eigenvalue weighted by atomic mass is 9.84. The zero-order chi connectivity index (χ0) is 41.9. The predicted octanol–water partition coefficient (Wildman–Crippen LogP) is 9.84. The van der Waals surface area contributed by atoms with Crippen LogP contribution in [0.15, 0.2) is 97.3 Å². The van der Waals surface area contributed by atoms with E-state index in [0.717, 1.165) is 41.5 Å². The van der Waals surface area contributed by atoms with Crippen molar-refractivity contribution in [3.05, 3.63) is 120 Å². The molecule has 3 heterocycles. The fourth-order valence-corrected chi connectivity index (χ4v) is 8.12. The van der Waals surface area contributed by atoms with Crippen LogP contribution in [0.4, 0.5) is 4.79 Å². The predicted molar refractivity (Wildman–Crippen MR) is 233 cm³/mol. The van der Waals surface area contributed by atoms with Gasteiger partial charge in [0, 0.05) is 47.7 Å². The van der Waals surface area contributed by atoms with Crippen molar-refractivity contribution in [2.75, 3.05) is 13.1 Å². The van der Waals surface area contributed by atoms with Crippen molar-refractivity contribution in [1.29, 1.82) is 0 Å². The first-order valence-electron chi connectivity index (χ1n) is 20.9. The Balaban J connectivity index is 0.000000191. The van der Waals surface area contributed by atoms with Gasteiger partial charge in [-0.15, -0.1) is 0 Å². The molecule has 11 heteroatoms. The highest BCUT2D eigenvalue weighted by molar-refractivity contribution is 6.06. The number of nitrogens with one attached hydrogen (secondary N) is 1. The number of rotatable bonds is 6.